The van der Waals surface area contributed by atoms with Crippen molar-refractivity contribution in [2.45, 2.75) is 52.2 Å². The predicted octanol–water partition coefficient (Wildman–Crippen LogP) is 4.44. The van der Waals surface area contributed by atoms with Gasteiger partial charge in [-0.25, -0.2) is 0 Å². The van der Waals surface area contributed by atoms with E-state index in [-0.39, 0.29) is 12.5 Å². The van der Waals surface area contributed by atoms with Crippen molar-refractivity contribution >= 4 is 5.97 Å². The minimum absolute atomic E-state index is 0.0353. The van der Waals surface area contributed by atoms with E-state index in [1.165, 1.54) is 0 Å². The summed E-state index contributed by atoms with van der Waals surface area (Å²) in [6.45, 7) is 8.62. The van der Waals surface area contributed by atoms with E-state index in [9.17, 15) is 4.79 Å². The highest BCUT2D eigenvalue weighted by atomic mass is 16.5. The van der Waals surface area contributed by atoms with Crippen LogP contribution in [0.4, 0.5) is 0 Å². The van der Waals surface area contributed by atoms with Crippen LogP contribution in [0.5, 0.6) is 5.75 Å². The fraction of sp³-hybridized carbons (Fsp3) is 0.526. The van der Waals surface area contributed by atoms with Crippen LogP contribution in [0, 0.1) is 5.92 Å². The number of aliphatic carboxylic acids is 1. The van der Waals surface area contributed by atoms with Crippen molar-refractivity contribution in [2.75, 3.05) is 7.11 Å². The van der Waals surface area contributed by atoms with Crippen LogP contribution in [0.15, 0.2) is 36.4 Å². The number of rotatable bonds is 11. The zero-order valence-electron chi connectivity index (χ0n) is 14.4. The molecular formula is C19H28O4. The molecule has 0 saturated carbocycles. The zero-order chi connectivity index (χ0) is 17.2. The van der Waals surface area contributed by atoms with Crippen LogP contribution in [-0.2, 0) is 16.1 Å². The van der Waals surface area contributed by atoms with Crippen molar-refractivity contribution < 1.29 is 19.4 Å². The molecule has 0 heterocycles. The van der Waals surface area contributed by atoms with Gasteiger partial charge in [0.2, 0.25) is 0 Å². The number of carbonyl (C=O) groups is 1. The molecule has 128 valence electrons. The summed E-state index contributed by atoms with van der Waals surface area (Å²) in [5.41, 5.74) is 2.20. The SMILES string of the molecule is C=C(C)C[C@H](C)[C@H](CCCC(=O)O)OCc1ccc(OC)cc1. The Morgan fingerprint density at radius 3 is 2.48 bits per heavy atom. The van der Waals surface area contributed by atoms with Gasteiger partial charge in [-0.1, -0.05) is 24.6 Å². The minimum atomic E-state index is -0.758. The molecule has 0 radical (unpaired) electrons. The molecule has 1 N–H and O–H groups in total. The monoisotopic (exact) mass is 320 g/mol. The maximum absolute atomic E-state index is 10.7. The van der Waals surface area contributed by atoms with E-state index < -0.39 is 5.97 Å². The summed E-state index contributed by atoms with van der Waals surface area (Å²) in [6.07, 6.45) is 2.48. The molecule has 23 heavy (non-hydrogen) atoms. The highest BCUT2D eigenvalue weighted by Crippen LogP contribution is 2.22. The molecule has 1 aromatic carbocycles. The Hall–Kier alpha value is -1.81. The third kappa shape index (κ3) is 7.84. The average Bonchev–Trinajstić information content (AvgIpc) is 2.50. The Morgan fingerprint density at radius 1 is 1.30 bits per heavy atom. The van der Waals surface area contributed by atoms with Gasteiger partial charge in [-0.05, 0) is 49.8 Å². The smallest absolute Gasteiger partial charge is 0.303 e. The van der Waals surface area contributed by atoms with Crippen molar-refractivity contribution in [3.05, 3.63) is 42.0 Å². The Balaban J connectivity index is 2.58. The van der Waals surface area contributed by atoms with Crippen LogP contribution >= 0.6 is 0 Å². The molecule has 0 aliphatic rings. The number of carboxylic acids is 1. The number of ether oxygens (including phenoxy) is 2. The molecule has 0 aliphatic heterocycles. The predicted molar refractivity (Wildman–Crippen MR) is 91.7 cm³/mol. The first-order valence-electron chi connectivity index (χ1n) is 8.03. The standard InChI is InChI=1S/C19H28O4/c1-14(2)12-15(3)18(6-5-7-19(20)21)23-13-16-8-10-17(22-4)11-9-16/h8-11,15,18H,1,5-7,12-13H2,2-4H3,(H,20,21)/t15-,18-/m0/s1. The van der Waals surface area contributed by atoms with E-state index in [1.807, 2.05) is 31.2 Å². The third-order valence-electron chi connectivity index (χ3n) is 3.81. The van der Waals surface area contributed by atoms with Crippen molar-refractivity contribution in [1.82, 2.24) is 0 Å². The lowest BCUT2D eigenvalue weighted by molar-refractivity contribution is -0.137. The fourth-order valence-electron chi connectivity index (χ4n) is 2.59. The van der Waals surface area contributed by atoms with Gasteiger partial charge in [-0.15, -0.1) is 6.58 Å². The van der Waals surface area contributed by atoms with E-state index in [2.05, 4.69) is 13.5 Å². The quantitative estimate of drug-likeness (QED) is 0.613. The molecule has 0 unspecified atom stereocenters. The number of hydrogen-bond donors (Lipinski definition) is 1. The molecule has 0 bridgehead atoms. The van der Waals surface area contributed by atoms with Crippen LogP contribution in [0.2, 0.25) is 0 Å². The number of methoxy groups -OCH3 is 1. The third-order valence-corrected chi connectivity index (χ3v) is 3.81. The fourth-order valence-corrected chi connectivity index (χ4v) is 2.59. The van der Waals surface area contributed by atoms with E-state index in [4.69, 9.17) is 14.6 Å². The van der Waals surface area contributed by atoms with E-state index in [0.29, 0.717) is 18.9 Å². The molecule has 4 heteroatoms. The van der Waals surface area contributed by atoms with E-state index in [0.717, 1.165) is 29.7 Å². The van der Waals surface area contributed by atoms with Crippen LogP contribution in [-0.4, -0.2) is 24.3 Å². The lowest BCUT2D eigenvalue weighted by Gasteiger charge is -2.24. The largest absolute Gasteiger partial charge is 0.497 e. The first kappa shape index (κ1) is 19.2. The number of benzene rings is 1. The van der Waals surface area contributed by atoms with Crippen molar-refractivity contribution in [3.63, 3.8) is 0 Å². The molecule has 2 atom stereocenters. The van der Waals surface area contributed by atoms with Crippen LogP contribution in [0.1, 0.15) is 45.1 Å². The van der Waals surface area contributed by atoms with Gasteiger partial charge in [0.1, 0.15) is 5.75 Å². The summed E-state index contributed by atoms with van der Waals surface area (Å²) in [7, 11) is 1.64. The van der Waals surface area contributed by atoms with Crippen LogP contribution in [0.3, 0.4) is 0 Å². The maximum atomic E-state index is 10.7. The molecule has 0 fully saturated rings. The lowest BCUT2D eigenvalue weighted by Crippen LogP contribution is -2.22. The molecule has 0 spiro atoms. The molecule has 0 saturated heterocycles. The zero-order valence-corrected chi connectivity index (χ0v) is 14.4. The maximum Gasteiger partial charge on any atom is 0.303 e. The van der Waals surface area contributed by atoms with Gasteiger partial charge in [-0.2, -0.15) is 0 Å². The highest BCUT2D eigenvalue weighted by Gasteiger charge is 2.18. The lowest BCUT2D eigenvalue weighted by atomic mass is 9.93. The Morgan fingerprint density at radius 2 is 1.96 bits per heavy atom. The van der Waals surface area contributed by atoms with Gasteiger partial charge >= 0.3 is 5.97 Å². The number of hydrogen-bond acceptors (Lipinski definition) is 3. The van der Waals surface area contributed by atoms with Gasteiger partial charge in [0.25, 0.3) is 0 Å². The van der Waals surface area contributed by atoms with Gasteiger partial charge < -0.3 is 14.6 Å². The second-order valence-electron chi connectivity index (χ2n) is 6.12. The normalized spacial score (nSPS) is 13.3. The summed E-state index contributed by atoms with van der Waals surface area (Å²) < 4.78 is 11.2. The molecule has 0 amide bonds. The summed E-state index contributed by atoms with van der Waals surface area (Å²) in [6, 6.07) is 7.79. The van der Waals surface area contributed by atoms with E-state index in [1.54, 1.807) is 7.11 Å². The highest BCUT2D eigenvalue weighted by molar-refractivity contribution is 5.66. The Labute approximate surface area is 139 Å². The van der Waals surface area contributed by atoms with Gasteiger partial charge in [0, 0.05) is 6.42 Å². The van der Waals surface area contributed by atoms with Crippen LogP contribution in [0.25, 0.3) is 0 Å². The minimum Gasteiger partial charge on any atom is -0.497 e. The van der Waals surface area contributed by atoms with Crippen molar-refractivity contribution in [2.24, 2.45) is 5.92 Å². The molecular weight excluding hydrogens is 292 g/mol. The Kier molecular flexibility index (Phi) is 8.41. The topological polar surface area (TPSA) is 55.8 Å². The van der Waals surface area contributed by atoms with Crippen LogP contribution < -0.4 is 4.74 Å². The first-order valence-corrected chi connectivity index (χ1v) is 8.03. The van der Waals surface area contributed by atoms with Crippen molar-refractivity contribution in [1.29, 1.82) is 0 Å². The molecule has 1 rings (SSSR count). The second-order valence-corrected chi connectivity index (χ2v) is 6.12. The van der Waals surface area contributed by atoms with Gasteiger partial charge in [0.05, 0.1) is 19.8 Å². The summed E-state index contributed by atoms with van der Waals surface area (Å²) in [5, 5.41) is 8.80. The summed E-state index contributed by atoms with van der Waals surface area (Å²) in [4.78, 5) is 10.7. The summed E-state index contributed by atoms with van der Waals surface area (Å²) >= 11 is 0. The number of allylic oxidation sites excluding steroid dienone is 1. The second kappa shape index (κ2) is 10.1. The number of carboxylic acid groups (broad SMARTS) is 1. The molecule has 0 aromatic heterocycles. The van der Waals surface area contributed by atoms with E-state index >= 15 is 0 Å². The van der Waals surface area contributed by atoms with Crippen molar-refractivity contribution in [3.8, 4) is 5.75 Å². The molecule has 0 aliphatic carbocycles. The first-order chi connectivity index (χ1) is 10.9. The molecule has 1 aromatic rings. The molecule has 4 nitrogen and oxygen atoms in total. The Bertz CT molecular complexity index is 493. The summed E-state index contributed by atoms with van der Waals surface area (Å²) in [5.74, 6) is 0.383. The van der Waals surface area contributed by atoms with Gasteiger partial charge in [-0.3, -0.25) is 4.79 Å². The van der Waals surface area contributed by atoms with Gasteiger partial charge in [0.15, 0.2) is 0 Å². The average molecular weight is 320 g/mol.